The molecule has 0 aliphatic carbocycles. The number of carboxylic acids is 1. The summed E-state index contributed by atoms with van der Waals surface area (Å²) < 4.78 is 5.76. The molecule has 0 saturated heterocycles. The van der Waals surface area contributed by atoms with Crippen molar-refractivity contribution in [3.8, 4) is 22.6 Å². The maximum Gasteiger partial charge on any atom is 0.339 e. The van der Waals surface area contributed by atoms with Crippen LogP contribution in [-0.4, -0.2) is 40.5 Å². The molecule has 6 nitrogen and oxygen atoms in total. The lowest BCUT2D eigenvalue weighted by molar-refractivity contribution is 0.0691. The molecule has 0 heterocycles. The monoisotopic (exact) mass is 499 g/mol. The van der Waals surface area contributed by atoms with Gasteiger partial charge >= 0.3 is 5.97 Å². The fourth-order valence-electron chi connectivity index (χ4n) is 3.63. The number of aromatic hydroxyl groups is 1. The van der Waals surface area contributed by atoms with Crippen molar-refractivity contribution in [2.24, 2.45) is 5.92 Å². The topological polar surface area (TPSA) is 99.0 Å². The highest BCUT2D eigenvalue weighted by Gasteiger charge is 2.16. The Morgan fingerprint density at radius 1 is 0.943 bits per heavy atom. The van der Waals surface area contributed by atoms with Gasteiger partial charge < -0.3 is 25.4 Å². The van der Waals surface area contributed by atoms with E-state index in [1.807, 2.05) is 32.9 Å². The molecule has 35 heavy (non-hydrogen) atoms. The summed E-state index contributed by atoms with van der Waals surface area (Å²) in [6.45, 7) is 7.13. The number of aliphatic hydroxyl groups is 1. The predicted molar refractivity (Wildman–Crippen MR) is 141 cm³/mol. The van der Waals surface area contributed by atoms with E-state index in [1.165, 1.54) is 0 Å². The Hall–Kier alpha value is -3.06. The number of halogens is 1. The van der Waals surface area contributed by atoms with Crippen molar-refractivity contribution in [3.05, 3.63) is 83.4 Å². The number of ether oxygens (including phenoxy) is 1. The molecule has 7 heteroatoms. The molecule has 3 aromatic rings. The quantitative estimate of drug-likeness (QED) is 0.279. The number of benzene rings is 3. The van der Waals surface area contributed by atoms with Gasteiger partial charge in [0, 0.05) is 6.04 Å². The number of carboxylic acid groups (broad SMARTS) is 1. The van der Waals surface area contributed by atoms with Gasteiger partial charge in [-0.05, 0) is 72.3 Å². The summed E-state index contributed by atoms with van der Waals surface area (Å²) >= 11 is 0. The van der Waals surface area contributed by atoms with Crippen molar-refractivity contribution in [2.45, 2.75) is 39.3 Å². The smallest absolute Gasteiger partial charge is 0.339 e. The highest BCUT2D eigenvalue weighted by Crippen LogP contribution is 2.28. The minimum Gasteiger partial charge on any atom is -0.508 e. The summed E-state index contributed by atoms with van der Waals surface area (Å²) in [5.74, 6) is -0.147. The molecule has 3 aromatic carbocycles. The van der Waals surface area contributed by atoms with Gasteiger partial charge in [-0.25, -0.2) is 4.79 Å². The van der Waals surface area contributed by atoms with Crippen LogP contribution >= 0.6 is 12.4 Å². The normalized spacial score (nSPS) is 12.6. The van der Waals surface area contributed by atoms with Crippen molar-refractivity contribution >= 4 is 18.4 Å². The van der Waals surface area contributed by atoms with Crippen LogP contribution in [0.15, 0.2) is 66.7 Å². The van der Waals surface area contributed by atoms with Gasteiger partial charge in [0.2, 0.25) is 0 Å². The molecule has 0 aromatic heterocycles. The first-order valence-corrected chi connectivity index (χ1v) is 11.5. The molecule has 0 unspecified atom stereocenters. The molecule has 0 spiro atoms. The fraction of sp³-hybridized carbons (Fsp3) is 0.321. The Kier molecular flexibility index (Phi) is 10.6. The third-order valence-electron chi connectivity index (χ3n) is 5.66. The minimum atomic E-state index is -1.00. The van der Waals surface area contributed by atoms with Gasteiger partial charge in [0.1, 0.15) is 17.1 Å². The predicted octanol–water partition coefficient (Wildman–Crippen LogP) is 5.47. The second kappa shape index (κ2) is 13.1. The molecule has 3 rings (SSSR count). The number of carbonyl (C=O) groups is 1. The van der Waals surface area contributed by atoms with E-state index < -0.39 is 12.1 Å². The molecule has 0 radical (unpaired) electrons. The first-order valence-electron chi connectivity index (χ1n) is 11.5. The molecule has 0 amide bonds. The van der Waals surface area contributed by atoms with Crippen LogP contribution in [0.3, 0.4) is 0 Å². The van der Waals surface area contributed by atoms with Gasteiger partial charge in [-0.3, -0.25) is 0 Å². The van der Waals surface area contributed by atoms with Gasteiger partial charge in [-0.15, -0.1) is 12.4 Å². The summed E-state index contributed by atoms with van der Waals surface area (Å²) in [5.41, 5.74) is 3.96. The average Bonchev–Trinajstić information content (AvgIpc) is 2.82. The van der Waals surface area contributed by atoms with Crippen LogP contribution in [0.1, 0.15) is 48.4 Å². The highest BCUT2D eigenvalue weighted by molar-refractivity contribution is 5.92. The van der Waals surface area contributed by atoms with Crippen LogP contribution in [0.4, 0.5) is 0 Å². The minimum absolute atomic E-state index is 0. The van der Waals surface area contributed by atoms with Crippen LogP contribution in [0.5, 0.6) is 11.5 Å². The summed E-state index contributed by atoms with van der Waals surface area (Å²) in [6, 6.07) is 19.8. The van der Waals surface area contributed by atoms with Crippen LogP contribution in [0, 0.1) is 5.92 Å². The zero-order chi connectivity index (χ0) is 24.7. The Balaban J connectivity index is 0.00000432. The molecule has 0 aliphatic heterocycles. The Morgan fingerprint density at radius 3 is 2.17 bits per heavy atom. The number of nitrogens with one attached hydrogen (secondary N) is 1. The number of rotatable bonds is 11. The van der Waals surface area contributed by atoms with Crippen molar-refractivity contribution in [1.82, 2.24) is 5.32 Å². The molecule has 188 valence electrons. The summed E-state index contributed by atoms with van der Waals surface area (Å²) in [6.07, 6.45) is 0.136. The largest absolute Gasteiger partial charge is 0.508 e. The van der Waals surface area contributed by atoms with Gasteiger partial charge in [-0.1, -0.05) is 56.3 Å². The Morgan fingerprint density at radius 2 is 1.57 bits per heavy atom. The van der Waals surface area contributed by atoms with Crippen LogP contribution in [0.25, 0.3) is 11.1 Å². The second-order valence-corrected chi connectivity index (χ2v) is 8.95. The van der Waals surface area contributed by atoms with Crippen molar-refractivity contribution < 1.29 is 24.9 Å². The maximum absolute atomic E-state index is 11.5. The van der Waals surface area contributed by atoms with Crippen molar-refractivity contribution in [3.63, 3.8) is 0 Å². The maximum atomic E-state index is 11.5. The number of phenolic OH excluding ortho intramolecular Hbond substituents is 1. The first kappa shape index (κ1) is 28.2. The van der Waals surface area contributed by atoms with Crippen molar-refractivity contribution in [2.75, 3.05) is 13.2 Å². The molecule has 0 bridgehead atoms. The van der Waals surface area contributed by atoms with E-state index in [4.69, 9.17) is 4.74 Å². The first-order chi connectivity index (χ1) is 16.2. The number of hydrogen-bond donors (Lipinski definition) is 4. The lowest BCUT2D eigenvalue weighted by Crippen LogP contribution is -2.33. The summed E-state index contributed by atoms with van der Waals surface area (Å²) in [4.78, 5) is 11.5. The molecule has 0 aliphatic rings. The number of phenols is 1. The van der Waals surface area contributed by atoms with Gasteiger partial charge in [0.15, 0.2) is 0 Å². The number of aliphatic hydroxyl groups excluding tert-OH is 1. The van der Waals surface area contributed by atoms with Crippen LogP contribution < -0.4 is 10.1 Å². The third-order valence-corrected chi connectivity index (χ3v) is 5.66. The zero-order valence-electron chi connectivity index (χ0n) is 20.3. The van der Waals surface area contributed by atoms with E-state index in [9.17, 15) is 20.1 Å². The molecule has 4 N–H and O–H groups in total. The molecular formula is C28H34ClNO5. The Labute approximate surface area is 213 Å². The number of hydrogen-bond acceptors (Lipinski definition) is 5. The van der Waals surface area contributed by atoms with E-state index in [0.717, 1.165) is 28.7 Å². The SMILES string of the molecule is CC(C)COc1cc(-c2ccc(CCN[C@@H](C)[C@@H](O)c3ccc(O)cc3)cc2)ccc1C(=O)O.Cl. The molecule has 0 fully saturated rings. The molecular weight excluding hydrogens is 466 g/mol. The summed E-state index contributed by atoms with van der Waals surface area (Å²) in [7, 11) is 0. The van der Waals surface area contributed by atoms with Gasteiger partial charge in [0.25, 0.3) is 0 Å². The molecule has 0 saturated carbocycles. The number of aromatic carboxylic acids is 1. The summed E-state index contributed by atoms with van der Waals surface area (Å²) in [5, 5.41) is 32.7. The van der Waals surface area contributed by atoms with E-state index in [1.54, 1.807) is 42.5 Å². The van der Waals surface area contributed by atoms with E-state index in [2.05, 4.69) is 17.4 Å². The van der Waals surface area contributed by atoms with Crippen LogP contribution in [-0.2, 0) is 6.42 Å². The van der Waals surface area contributed by atoms with E-state index >= 15 is 0 Å². The highest BCUT2D eigenvalue weighted by atomic mass is 35.5. The van der Waals surface area contributed by atoms with Crippen molar-refractivity contribution in [1.29, 1.82) is 0 Å². The Bertz CT molecular complexity index is 1080. The van der Waals surface area contributed by atoms with Crippen LogP contribution in [0.2, 0.25) is 0 Å². The standard InChI is InChI=1S/C28H33NO5.ClH/c1-18(2)17-34-26-16-23(10-13-25(26)28(32)33)21-6-4-20(5-7-21)14-15-29-19(3)27(31)22-8-11-24(30)12-9-22;/h4-13,16,18-19,27,29-31H,14-15,17H2,1-3H3,(H,32,33);1H/t19-,27+;/m0./s1. The lowest BCUT2D eigenvalue weighted by atomic mass is 10.0. The fourth-order valence-corrected chi connectivity index (χ4v) is 3.63. The average molecular weight is 500 g/mol. The van der Waals surface area contributed by atoms with E-state index in [-0.39, 0.29) is 29.8 Å². The second-order valence-electron chi connectivity index (χ2n) is 8.95. The lowest BCUT2D eigenvalue weighted by Gasteiger charge is -2.21. The van der Waals surface area contributed by atoms with E-state index in [0.29, 0.717) is 24.8 Å². The molecule has 2 atom stereocenters. The van der Waals surface area contributed by atoms with Gasteiger partial charge in [-0.2, -0.15) is 0 Å². The third kappa shape index (κ3) is 7.99. The van der Waals surface area contributed by atoms with Gasteiger partial charge in [0.05, 0.1) is 12.7 Å². The zero-order valence-corrected chi connectivity index (χ0v) is 21.1.